The Morgan fingerprint density at radius 3 is 2.65 bits per heavy atom. The number of alkyl halides is 3. The minimum atomic E-state index is -4.84. The van der Waals surface area contributed by atoms with Gasteiger partial charge in [-0.15, -0.1) is 0 Å². The lowest BCUT2D eigenvalue weighted by molar-refractivity contribution is -0.165. The Morgan fingerprint density at radius 2 is 2.06 bits per heavy atom. The summed E-state index contributed by atoms with van der Waals surface area (Å²) >= 11 is 0. The lowest BCUT2D eigenvalue weighted by atomic mass is 10.1. The summed E-state index contributed by atoms with van der Waals surface area (Å²) in [6.07, 6.45) is -3.47. The third-order valence-electron chi connectivity index (χ3n) is 2.13. The molecule has 92 valence electrons. The number of hydrogen-bond donors (Lipinski definition) is 2. The molecule has 3 N–H and O–H groups in total. The fourth-order valence-corrected chi connectivity index (χ4v) is 1.11. The standard InChI is InChI=1S/C11H11F3N2O/c1-7-8(15)3-2-4-9(7)16-6-5-10(17)11(12,13)14/h2-6,16H,15H2,1H3/b6-5-. The van der Waals surface area contributed by atoms with Crippen LogP contribution >= 0.6 is 0 Å². The first-order valence-electron chi connectivity index (χ1n) is 4.71. The number of carbonyl (C=O) groups excluding carboxylic acids is 1. The van der Waals surface area contributed by atoms with Gasteiger partial charge in [0.2, 0.25) is 0 Å². The van der Waals surface area contributed by atoms with Gasteiger partial charge in [-0.1, -0.05) is 6.07 Å². The van der Waals surface area contributed by atoms with E-state index in [2.05, 4.69) is 5.32 Å². The number of nitrogens with one attached hydrogen (secondary N) is 1. The Labute approximate surface area is 96.1 Å². The number of hydrogen-bond acceptors (Lipinski definition) is 3. The van der Waals surface area contributed by atoms with Gasteiger partial charge in [0, 0.05) is 23.7 Å². The largest absolute Gasteiger partial charge is 0.454 e. The van der Waals surface area contributed by atoms with E-state index in [0.29, 0.717) is 23.0 Å². The summed E-state index contributed by atoms with van der Waals surface area (Å²) in [6, 6.07) is 4.98. The molecule has 0 aliphatic heterocycles. The van der Waals surface area contributed by atoms with E-state index >= 15 is 0 Å². The van der Waals surface area contributed by atoms with Gasteiger partial charge in [-0.2, -0.15) is 13.2 Å². The van der Waals surface area contributed by atoms with Crippen molar-refractivity contribution in [2.75, 3.05) is 11.1 Å². The zero-order valence-corrected chi connectivity index (χ0v) is 9.01. The normalized spacial score (nSPS) is 11.8. The molecule has 0 bridgehead atoms. The molecule has 3 nitrogen and oxygen atoms in total. The number of nitrogens with two attached hydrogens (primary N) is 1. The molecular formula is C11H11F3N2O. The maximum absolute atomic E-state index is 11.9. The maximum atomic E-state index is 11.9. The molecule has 0 amide bonds. The highest BCUT2D eigenvalue weighted by Crippen LogP contribution is 2.21. The molecule has 0 fully saturated rings. The molecular weight excluding hydrogens is 233 g/mol. The molecule has 1 aromatic rings. The summed E-state index contributed by atoms with van der Waals surface area (Å²) in [4.78, 5) is 10.5. The topological polar surface area (TPSA) is 55.1 Å². The molecule has 0 aliphatic carbocycles. The van der Waals surface area contributed by atoms with Crippen molar-refractivity contribution in [2.24, 2.45) is 0 Å². The maximum Gasteiger partial charge on any atom is 0.454 e. The van der Waals surface area contributed by atoms with E-state index in [1.807, 2.05) is 0 Å². The second-order valence-electron chi connectivity index (χ2n) is 3.36. The van der Waals surface area contributed by atoms with Crippen LogP contribution in [0.15, 0.2) is 30.5 Å². The molecule has 0 saturated carbocycles. The number of allylic oxidation sites excluding steroid dienone is 1. The van der Waals surface area contributed by atoms with E-state index < -0.39 is 12.0 Å². The van der Waals surface area contributed by atoms with Crippen LogP contribution < -0.4 is 11.1 Å². The second kappa shape index (κ2) is 4.90. The highest BCUT2D eigenvalue weighted by Gasteiger charge is 2.35. The van der Waals surface area contributed by atoms with Crippen LogP contribution in [0.25, 0.3) is 0 Å². The van der Waals surface area contributed by atoms with Gasteiger partial charge in [0.05, 0.1) is 0 Å². The first kappa shape index (κ1) is 13.1. The predicted molar refractivity (Wildman–Crippen MR) is 59.4 cm³/mol. The number of nitrogen functional groups attached to an aromatic ring is 1. The van der Waals surface area contributed by atoms with Crippen molar-refractivity contribution in [3.05, 3.63) is 36.0 Å². The minimum Gasteiger partial charge on any atom is -0.398 e. The lowest BCUT2D eigenvalue weighted by Gasteiger charge is -2.07. The molecule has 17 heavy (non-hydrogen) atoms. The first-order chi connectivity index (χ1) is 7.82. The molecule has 0 unspecified atom stereocenters. The molecule has 0 heterocycles. The lowest BCUT2D eigenvalue weighted by Crippen LogP contribution is -2.20. The van der Waals surface area contributed by atoms with E-state index in [1.54, 1.807) is 25.1 Å². The van der Waals surface area contributed by atoms with E-state index in [1.165, 1.54) is 0 Å². The smallest absolute Gasteiger partial charge is 0.398 e. The third-order valence-corrected chi connectivity index (χ3v) is 2.13. The van der Waals surface area contributed by atoms with Crippen LogP contribution in [0.4, 0.5) is 24.5 Å². The average Bonchev–Trinajstić information content (AvgIpc) is 2.22. The van der Waals surface area contributed by atoms with Gasteiger partial charge >= 0.3 is 6.18 Å². The molecule has 0 aliphatic rings. The van der Waals surface area contributed by atoms with Crippen LogP contribution in [0.5, 0.6) is 0 Å². The number of ketones is 1. The zero-order chi connectivity index (χ0) is 13.1. The van der Waals surface area contributed by atoms with Crippen LogP contribution in [0.3, 0.4) is 0 Å². The van der Waals surface area contributed by atoms with E-state index in [0.717, 1.165) is 6.20 Å². The average molecular weight is 244 g/mol. The van der Waals surface area contributed by atoms with Crippen LogP contribution in [-0.4, -0.2) is 12.0 Å². The zero-order valence-electron chi connectivity index (χ0n) is 9.01. The molecule has 6 heteroatoms. The van der Waals surface area contributed by atoms with Crippen molar-refractivity contribution in [3.63, 3.8) is 0 Å². The Morgan fingerprint density at radius 1 is 1.41 bits per heavy atom. The summed E-state index contributed by atoms with van der Waals surface area (Å²) < 4.78 is 35.6. The summed E-state index contributed by atoms with van der Waals surface area (Å²) in [5, 5.41) is 2.58. The summed E-state index contributed by atoms with van der Waals surface area (Å²) in [5.41, 5.74) is 7.39. The predicted octanol–water partition coefficient (Wildman–Crippen LogP) is 2.63. The summed E-state index contributed by atoms with van der Waals surface area (Å²) in [6.45, 7) is 1.72. The van der Waals surface area contributed by atoms with Gasteiger partial charge in [0.25, 0.3) is 5.78 Å². The van der Waals surface area contributed by atoms with Crippen molar-refractivity contribution in [1.82, 2.24) is 0 Å². The molecule has 1 aromatic carbocycles. The number of benzene rings is 1. The van der Waals surface area contributed by atoms with Gasteiger partial charge < -0.3 is 11.1 Å². The Hall–Kier alpha value is -1.98. The molecule has 0 aromatic heterocycles. The Balaban J connectivity index is 2.72. The van der Waals surface area contributed by atoms with Gasteiger partial charge in [0.1, 0.15) is 0 Å². The third kappa shape index (κ3) is 3.51. The summed E-state index contributed by atoms with van der Waals surface area (Å²) in [5.74, 6) is -1.91. The number of halogens is 3. The Kier molecular flexibility index (Phi) is 3.77. The van der Waals surface area contributed by atoms with Crippen LogP contribution in [0, 0.1) is 6.92 Å². The highest BCUT2D eigenvalue weighted by molar-refractivity contribution is 5.94. The molecule has 0 spiro atoms. The van der Waals surface area contributed by atoms with Gasteiger partial charge in [-0.05, 0) is 24.6 Å². The highest BCUT2D eigenvalue weighted by atomic mass is 19.4. The number of anilines is 2. The van der Waals surface area contributed by atoms with E-state index in [4.69, 9.17) is 5.73 Å². The first-order valence-corrected chi connectivity index (χ1v) is 4.71. The number of rotatable bonds is 3. The molecule has 1 rings (SSSR count). The fourth-order valence-electron chi connectivity index (χ4n) is 1.11. The monoisotopic (exact) mass is 244 g/mol. The SMILES string of the molecule is Cc1c(N)cccc1N/C=C\C(=O)C(F)(F)F. The van der Waals surface area contributed by atoms with Crippen LogP contribution in [0.1, 0.15) is 5.56 Å². The van der Waals surface area contributed by atoms with Crippen molar-refractivity contribution in [3.8, 4) is 0 Å². The van der Waals surface area contributed by atoms with Crippen LogP contribution in [0.2, 0.25) is 0 Å². The quantitative estimate of drug-likeness (QED) is 0.634. The van der Waals surface area contributed by atoms with Crippen molar-refractivity contribution >= 4 is 17.2 Å². The van der Waals surface area contributed by atoms with E-state index in [9.17, 15) is 18.0 Å². The van der Waals surface area contributed by atoms with Crippen molar-refractivity contribution in [1.29, 1.82) is 0 Å². The van der Waals surface area contributed by atoms with E-state index in [-0.39, 0.29) is 0 Å². The second-order valence-corrected chi connectivity index (χ2v) is 3.36. The van der Waals surface area contributed by atoms with Gasteiger partial charge in [0.15, 0.2) is 0 Å². The minimum absolute atomic E-state index is 0.433. The van der Waals surface area contributed by atoms with Crippen LogP contribution in [-0.2, 0) is 4.79 Å². The van der Waals surface area contributed by atoms with Gasteiger partial charge in [-0.25, -0.2) is 0 Å². The molecule has 0 atom stereocenters. The number of carbonyl (C=O) groups is 1. The van der Waals surface area contributed by atoms with Crippen molar-refractivity contribution in [2.45, 2.75) is 13.1 Å². The summed E-state index contributed by atoms with van der Waals surface area (Å²) in [7, 11) is 0. The Bertz CT molecular complexity index is 453. The molecule has 0 radical (unpaired) electrons. The van der Waals surface area contributed by atoms with Crippen molar-refractivity contribution < 1.29 is 18.0 Å². The molecule has 0 saturated heterocycles. The van der Waals surface area contributed by atoms with Gasteiger partial charge in [-0.3, -0.25) is 4.79 Å². The fraction of sp³-hybridized carbons (Fsp3) is 0.182.